The van der Waals surface area contributed by atoms with Crippen molar-refractivity contribution in [2.45, 2.75) is 55.6 Å². The van der Waals surface area contributed by atoms with Gasteiger partial charge in [-0.25, -0.2) is 0 Å². The van der Waals surface area contributed by atoms with Crippen LogP contribution in [0.3, 0.4) is 0 Å². The van der Waals surface area contributed by atoms with E-state index in [-0.39, 0.29) is 34.5 Å². The maximum atomic E-state index is 13.7. The molecule has 2 aromatic carbocycles. The van der Waals surface area contributed by atoms with Crippen LogP contribution in [0.2, 0.25) is 0 Å². The van der Waals surface area contributed by atoms with E-state index in [1.54, 1.807) is 0 Å². The summed E-state index contributed by atoms with van der Waals surface area (Å²) in [4.78, 5) is 13.7. The van der Waals surface area contributed by atoms with Gasteiger partial charge in [-0.3, -0.25) is 4.79 Å². The Morgan fingerprint density at radius 2 is 1.63 bits per heavy atom. The van der Waals surface area contributed by atoms with Gasteiger partial charge in [-0.05, 0) is 18.1 Å². The molecule has 2 aliphatic carbocycles. The molecule has 2 saturated heterocycles. The van der Waals surface area contributed by atoms with Gasteiger partial charge in [-0.1, -0.05) is 60.7 Å². The maximum Gasteiger partial charge on any atom is 0.321 e. The van der Waals surface area contributed by atoms with Crippen molar-refractivity contribution < 1.29 is 35.7 Å². The van der Waals surface area contributed by atoms with Gasteiger partial charge in [0.05, 0.1) is 14.1 Å². The molecule has 0 radical (unpaired) electrons. The average Bonchev–Trinajstić information content (AvgIpc) is 3.32. The molecule has 6 rings (SSSR count). The zero-order valence-corrected chi connectivity index (χ0v) is 19.2. The Hall–Kier alpha value is -1.69. The number of likely N-dealkylation sites (tertiary alicyclic amines) is 1. The van der Waals surface area contributed by atoms with Crippen LogP contribution in [0.15, 0.2) is 60.7 Å². The van der Waals surface area contributed by atoms with Crippen LogP contribution in [0, 0.1) is 5.41 Å². The number of piperidine rings is 1. The molecule has 4 fully saturated rings. The lowest BCUT2D eigenvalue weighted by atomic mass is 9.52. The first kappa shape index (κ1) is 20.2. The predicted octanol–water partition coefficient (Wildman–Crippen LogP) is 0.297. The molecule has 1 spiro atoms. The number of carbonyl (C=O) groups excluding carboxylic acids is 1. The SMILES string of the molecule is CC(C(=O)O[C@H]1CC2[C@]3(C1)C1O[C@@H]1C3[N+]2(C)C)(c1ccccc1)c1ccccc1.[Br-]. The largest absolute Gasteiger partial charge is 1.00 e. The molecule has 3 unspecified atom stereocenters. The molecule has 4 nitrogen and oxygen atoms in total. The molecule has 2 saturated carbocycles. The summed E-state index contributed by atoms with van der Waals surface area (Å²) in [5.41, 5.74) is 1.39. The first-order chi connectivity index (χ1) is 13.9. The molecule has 158 valence electrons. The summed E-state index contributed by atoms with van der Waals surface area (Å²) in [6.45, 7) is 1.99. The van der Waals surface area contributed by atoms with E-state index in [2.05, 4.69) is 14.1 Å². The molecule has 0 aromatic heterocycles. The molecule has 30 heavy (non-hydrogen) atoms. The van der Waals surface area contributed by atoms with E-state index >= 15 is 0 Å². The molecule has 0 bridgehead atoms. The van der Waals surface area contributed by atoms with Gasteiger partial charge in [0.1, 0.15) is 41.2 Å². The van der Waals surface area contributed by atoms with Crippen LogP contribution < -0.4 is 17.0 Å². The van der Waals surface area contributed by atoms with Gasteiger partial charge in [0.15, 0.2) is 0 Å². The normalized spacial score (nSPS) is 36.7. The predicted molar refractivity (Wildman–Crippen MR) is 109 cm³/mol. The fourth-order valence-corrected chi connectivity index (χ4v) is 7.16. The minimum absolute atomic E-state index is 0. The van der Waals surface area contributed by atoms with E-state index in [1.165, 1.54) is 0 Å². The molecule has 2 heterocycles. The van der Waals surface area contributed by atoms with Gasteiger partial charge < -0.3 is 30.9 Å². The number of halogens is 1. The molecule has 6 atom stereocenters. The van der Waals surface area contributed by atoms with Crippen molar-refractivity contribution in [2.75, 3.05) is 14.1 Å². The lowest BCUT2D eigenvalue weighted by Crippen LogP contribution is -3.00. The zero-order valence-electron chi connectivity index (χ0n) is 17.6. The summed E-state index contributed by atoms with van der Waals surface area (Å²) in [5.74, 6) is -0.146. The molecule has 2 aromatic rings. The number of carbonyl (C=O) groups is 1. The smallest absolute Gasteiger partial charge is 0.321 e. The van der Waals surface area contributed by atoms with Crippen molar-refractivity contribution in [2.24, 2.45) is 5.41 Å². The number of quaternary nitrogens is 1. The van der Waals surface area contributed by atoms with Crippen LogP contribution in [-0.4, -0.2) is 54.9 Å². The highest BCUT2D eigenvalue weighted by atomic mass is 79.9. The quantitative estimate of drug-likeness (QED) is 0.367. The number of epoxide rings is 1. The monoisotopic (exact) mass is 469 g/mol. The van der Waals surface area contributed by atoms with E-state index in [9.17, 15) is 4.79 Å². The maximum absolute atomic E-state index is 13.7. The van der Waals surface area contributed by atoms with Gasteiger partial charge in [0.2, 0.25) is 0 Å². The topological polar surface area (TPSA) is 38.8 Å². The number of benzene rings is 2. The van der Waals surface area contributed by atoms with Gasteiger partial charge in [-0.15, -0.1) is 0 Å². The van der Waals surface area contributed by atoms with Gasteiger partial charge in [0, 0.05) is 12.8 Å². The molecule has 2 aliphatic heterocycles. The summed E-state index contributed by atoms with van der Waals surface area (Å²) in [6, 6.07) is 21.2. The van der Waals surface area contributed by atoms with Crippen molar-refractivity contribution in [3.05, 3.63) is 71.8 Å². The minimum Gasteiger partial charge on any atom is -1.00 e. The Kier molecular flexibility index (Phi) is 4.32. The van der Waals surface area contributed by atoms with Crippen LogP contribution >= 0.6 is 0 Å². The minimum atomic E-state index is -0.816. The number of ether oxygens (including phenoxy) is 2. The average molecular weight is 470 g/mol. The Labute approximate surface area is 188 Å². The van der Waals surface area contributed by atoms with Crippen molar-refractivity contribution in [3.63, 3.8) is 0 Å². The summed E-state index contributed by atoms with van der Waals surface area (Å²) in [5, 5.41) is 0. The third-order valence-corrected chi connectivity index (χ3v) is 8.51. The van der Waals surface area contributed by atoms with E-state index in [4.69, 9.17) is 9.47 Å². The van der Waals surface area contributed by atoms with Gasteiger partial charge in [-0.2, -0.15) is 0 Å². The summed E-state index contributed by atoms with van der Waals surface area (Å²) in [7, 11) is 4.63. The second kappa shape index (κ2) is 6.41. The van der Waals surface area contributed by atoms with Gasteiger partial charge >= 0.3 is 5.97 Å². The lowest BCUT2D eigenvalue weighted by Gasteiger charge is -2.67. The first-order valence-electron chi connectivity index (χ1n) is 10.7. The van der Waals surface area contributed by atoms with Crippen molar-refractivity contribution >= 4 is 5.97 Å². The Bertz CT molecular complexity index is 939. The third kappa shape index (κ3) is 2.32. The van der Waals surface area contributed by atoms with Crippen LogP contribution in [-0.2, 0) is 19.7 Å². The number of likely N-dealkylation sites (N-methyl/N-ethyl adjacent to an activating group) is 1. The number of fused-ring (bicyclic) bond motifs is 2. The molecule has 4 aliphatic rings. The number of rotatable bonds is 4. The fourth-order valence-electron chi connectivity index (χ4n) is 7.16. The van der Waals surface area contributed by atoms with E-state index < -0.39 is 5.41 Å². The number of hydrogen-bond acceptors (Lipinski definition) is 3. The summed E-state index contributed by atoms with van der Waals surface area (Å²) < 4.78 is 13.2. The highest BCUT2D eigenvalue weighted by molar-refractivity contribution is 5.87. The summed E-state index contributed by atoms with van der Waals surface area (Å²) in [6.07, 6.45) is 2.75. The highest BCUT2D eigenvalue weighted by Gasteiger charge is 2.93. The molecule has 5 heteroatoms. The first-order valence-corrected chi connectivity index (χ1v) is 10.7. The Morgan fingerprint density at radius 1 is 1.07 bits per heavy atom. The molecular formula is C25H28BrNO3. The molecular weight excluding hydrogens is 442 g/mol. The van der Waals surface area contributed by atoms with E-state index in [0.717, 1.165) is 28.5 Å². The second-order valence-electron chi connectivity index (χ2n) is 10.0. The van der Waals surface area contributed by atoms with E-state index in [1.807, 2.05) is 67.6 Å². The van der Waals surface area contributed by atoms with Crippen molar-refractivity contribution in [1.82, 2.24) is 0 Å². The van der Waals surface area contributed by atoms with Crippen LogP contribution in [0.1, 0.15) is 30.9 Å². The lowest BCUT2D eigenvalue weighted by molar-refractivity contribution is -1.01. The third-order valence-electron chi connectivity index (χ3n) is 8.51. The number of esters is 1. The fraction of sp³-hybridized carbons (Fsp3) is 0.480. The Balaban J connectivity index is 0.00000193. The second-order valence-corrected chi connectivity index (χ2v) is 10.0. The molecule has 0 N–H and O–H groups in total. The van der Waals surface area contributed by atoms with Crippen LogP contribution in [0.5, 0.6) is 0 Å². The van der Waals surface area contributed by atoms with E-state index in [0.29, 0.717) is 24.3 Å². The van der Waals surface area contributed by atoms with Crippen molar-refractivity contribution in [1.29, 1.82) is 0 Å². The number of nitrogens with zero attached hydrogens (tertiary/aromatic N) is 1. The Morgan fingerprint density at radius 3 is 2.20 bits per heavy atom. The number of hydrogen-bond donors (Lipinski definition) is 0. The zero-order chi connectivity index (χ0) is 20.0. The standard InChI is InChI=1S/C25H28NO3.BrH/c1-24(16-10-6-4-7-11-16,17-12-8-5-9-13-17)23(27)28-18-14-19-25(15-18)21(26(19,2)3)20-22(25)29-20;/h4-13,18-22H,14-15H2,1-3H3;1H/q+1;/p-1/t18-,19?,20+,21?,22?,25-;/m0./s1. The van der Waals surface area contributed by atoms with Gasteiger partial charge in [0.25, 0.3) is 0 Å². The summed E-state index contributed by atoms with van der Waals surface area (Å²) >= 11 is 0. The van der Waals surface area contributed by atoms with Crippen LogP contribution in [0.4, 0.5) is 0 Å². The van der Waals surface area contributed by atoms with Crippen LogP contribution in [0.25, 0.3) is 0 Å². The highest BCUT2D eigenvalue weighted by Crippen LogP contribution is 2.75. The molecule has 0 amide bonds. The van der Waals surface area contributed by atoms with Crippen molar-refractivity contribution in [3.8, 4) is 0 Å².